The third-order valence-corrected chi connectivity index (χ3v) is 2.65. The fourth-order valence-corrected chi connectivity index (χ4v) is 1.73. The highest BCUT2D eigenvalue weighted by Gasteiger charge is 2.17. The molecule has 0 aliphatic carbocycles. The van der Waals surface area contributed by atoms with Crippen molar-refractivity contribution in [2.45, 2.75) is 20.8 Å². The van der Waals surface area contributed by atoms with Gasteiger partial charge in [0.05, 0.1) is 6.61 Å². The second-order valence-corrected chi connectivity index (χ2v) is 4.03. The lowest BCUT2D eigenvalue weighted by molar-refractivity contribution is -0.155. The van der Waals surface area contributed by atoms with Gasteiger partial charge in [-0.1, -0.05) is 44.2 Å². The first-order valence-corrected chi connectivity index (χ1v) is 6.16. The standard InChI is InChI=1S/C14H21NO2/c1-4-15(17-5-2)11-12(3)14(16)13-9-7-6-8-10-13/h6-10,12H,4-5,11H2,1-3H3. The van der Waals surface area contributed by atoms with E-state index >= 15 is 0 Å². The summed E-state index contributed by atoms with van der Waals surface area (Å²) < 4.78 is 0. The molecular weight excluding hydrogens is 214 g/mol. The molecule has 0 N–H and O–H groups in total. The summed E-state index contributed by atoms with van der Waals surface area (Å²) in [6.07, 6.45) is 0. The van der Waals surface area contributed by atoms with Crippen LogP contribution in [0.1, 0.15) is 31.1 Å². The Morgan fingerprint density at radius 2 is 1.94 bits per heavy atom. The zero-order valence-electron chi connectivity index (χ0n) is 10.8. The van der Waals surface area contributed by atoms with E-state index in [0.29, 0.717) is 13.2 Å². The molecule has 0 aliphatic heterocycles. The van der Waals surface area contributed by atoms with Gasteiger partial charge in [0, 0.05) is 24.6 Å². The van der Waals surface area contributed by atoms with Crippen LogP contribution in [0.2, 0.25) is 0 Å². The minimum Gasteiger partial charge on any atom is -0.299 e. The van der Waals surface area contributed by atoms with Gasteiger partial charge in [-0.3, -0.25) is 9.63 Å². The lowest BCUT2D eigenvalue weighted by Gasteiger charge is -2.22. The van der Waals surface area contributed by atoms with Crippen molar-refractivity contribution < 1.29 is 9.63 Å². The van der Waals surface area contributed by atoms with Crippen molar-refractivity contribution in [2.75, 3.05) is 19.7 Å². The number of benzene rings is 1. The molecule has 0 heterocycles. The molecule has 0 amide bonds. The number of hydrogen-bond donors (Lipinski definition) is 0. The van der Waals surface area contributed by atoms with E-state index in [1.165, 1.54) is 0 Å². The van der Waals surface area contributed by atoms with Crippen LogP contribution >= 0.6 is 0 Å². The summed E-state index contributed by atoms with van der Waals surface area (Å²) in [7, 11) is 0. The van der Waals surface area contributed by atoms with E-state index in [2.05, 4.69) is 0 Å². The highest BCUT2D eigenvalue weighted by Crippen LogP contribution is 2.10. The van der Waals surface area contributed by atoms with Gasteiger partial charge >= 0.3 is 0 Å². The second kappa shape index (κ2) is 7.20. The Balaban J connectivity index is 2.58. The molecule has 0 saturated heterocycles. The van der Waals surface area contributed by atoms with E-state index in [9.17, 15) is 4.79 Å². The molecular formula is C14H21NO2. The number of rotatable bonds is 7. The largest absolute Gasteiger partial charge is 0.299 e. The zero-order valence-corrected chi connectivity index (χ0v) is 10.8. The first-order chi connectivity index (χ1) is 8.19. The van der Waals surface area contributed by atoms with Gasteiger partial charge in [0.25, 0.3) is 0 Å². The van der Waals surface area contributed by atoms with Gasteiger partial charge in [0.1, 0.15) is 0 Å². The number of carbonyl (C=O) groups excluding carboxylic acids is 1. The molecule has 0 spiro atoms. The molecule has 3 nitrogen and oxygen atoms in total. The molecule has 1 aromatic carbocycles. The van der Waals surface area contributed by atoms with Crippen molar-refractivity contribution in [1.82, 2.24) is 5.06 Å². The van der Waals surface area contributed by atoms with Crippen LogP contribution in [0.5, 0.6) is 0 Å². The molecule has 0 radical (unpaired) electrons. The minimum atomic E-state index is -0.0519. The highest BCUT2D eigenvalue weighted by molar-refractivity contribution is 5.97. The zero-order chi connectivity index (χ0) is 12.7. The Kier molecular flexibility index (Phi) is 5.87. The molecule has 0 bridgehead atoms. The molecule has 1 aromatic rings. The maximum Gasteiger partial charge on any atom is 0.167 e. The maximum absolute atomic E-state index is 12.1. The number of hydrogen-bond acceptors (Lipinski definition) is 3. The predicted octanol–water partition coefficient (Wildman–Crippen LogP) is 2.78. The average Bonchev–Trinajstić information content (AvgIpc) is 2.38. The normalized spacial score (nSPS) is 12.7. The number of Topliss-reactive ketones (excluding diaryl/α,β-unsaturated/α-hetero) is 1. The van der Waals surface area contributed by atoms with Crippen LogP contribution in [0.15, 0.2) is 30.3 Å². The third-order valence-electron chi connectivity index (χ3n) is 2.65. The summed E-state index contributed by atoms with van der Waals surface area (Å²) in [5.41, 5.74) is 0.771. The monoisotopic (exact) mass is 235 g/mol. The summed E-state index contributed by atoms with van der Waals surface area (Å²) in [6.45, 7) is 7.98. The number of ketones is 1. The first kappa shape index (κ1) is 13.9. The number of carbonyl (C=O) groups is 1. The topological polar surface area (TPSA) is 29.5 Å². The van der Waals surface area contributed by atoms with Crippen LogP contribution in [-0.4, -0.2) is 30.5 Å². The molecule has 3 heteroatoms. The van der Waals surface area contributed by atoms with Crippen molar-refractivity contribution >= 4 is 5.78 Å². The molecule has 0 aliphatic rings. The van der Waals surface area contributed by atoms with Crippen molar-refractivity contribution in [3.63, 3.8) is 0 Å². The van der Waals surface area contributed by atoms with Crippen LogP contribution in [0.25, 0.3) is 0 Å². The SMILES string of the molecule is CCON(CC)CC(C)C(=O)c1ccccc1. The fraction of sp³-hybridized carbons (Fsp3) is 0.500. The van der Waals surface area contributed by atoms with Gasteiger partial charge in [-0.25, -0.2) is 0 Å². The first-order valence-electron chi connectivity index (χ1n) is 6.16. The van der Waals surface area contributed by atoms with Gasteiger partial charge in [-0.05, 0) is 6.92 Å². The number of nitrogens with zero attached hydrogens (tertiary/aromatic N) is 1. The predicted molar refractivity (Wildman–Crippen MR) is 68.8 cm³/mol. The average molecular weight is 235 g/mol. The van der Waals surface area contributed by atoms with Gasteiger partial charge in [-0.15, -0.1) is 0 Å². The highest BCUT2D eigenvalue weighted by atomic mass is 16.7. The minimum absolute atomic E-state index is 0.0519. The molecule has 17 heavy (non-hydrogen) atoms. The van der Waals surface area contributed by atoms with E-state index in [0.717, 1.165) is 12.1 Å². The van der Waals surface area contributed by atoms with E-state index in [1.54, 1.807) is 0 Å². The Morgan fingerprint density at radius 1 is 1.29 bits per heavy atom. The molecule has 1 rings (SSSR count). The van der Waals surface area contributed by atoms with Crippen molar-refractivity contribution in [3.8, 4) is 0 Å². The Morgan fingerprint density at radius 3 is 2.47 bits per heavy atom. The van der Waals surface area contributed by atoms with Crippen LogP contribution in [-0.2, 0) is 4.84 Å². The molecule has 94 valence electrons. The summed E-state index contributed by atoms with van der Waals surface area (Å²) >= 11 is 0. The number of hydroxylamine groups is 2. The van der Waals surface area contributed by atoms with Crippen molar-refractivity contribution in [2.24, 2.45) is 5.92 Å². The van der Waals surface area contributed by atoms with E-state index in [1.807, 2.05) is 56.2 Å². The van der Waals surface area contributed by atoms with Gasteiger partial charge < -0.3 is 0 Å². The Bertz CT molecular complexity index is 337. The fourth-order valence-electron chi connectivity index (χ4n) is 1.73. The van der Waals surface area contributed by atoms with Crippen molar-refractivity contribution in [3.05, 3.63) is 35.9 Å². The van der Waals surface area contributed by atoms with Crippen LogP contribution in [0.3, 0.4) is 0 Å². The molecule has 0 aromatic heterocycles. The summed E-state index contributed by atoms with van der Waals surface area (Å²) in [6, 6.07) is 9.41. The molecule has 0 saturated carbocycles. The van der Waals surface area contributed by atoms with Crippen LogP contribution in [0.4, 0.5) is 0 Å². The lowest BCUT2D eigenvalue weighted by Crippen LogP contribution is -2.32. The van der Waals surface area contributed by atoms with Gasteiger partial charge in [0.15, 0.2) is 5.78 Å². The van der Waals surface area contributed by atoms with E-state index in [4.69, 9.17) is 4.84 Å². The quantitative estimate of drug-likeness (QED) is 0.537. The van der Waals surface area contributed by atoms with E-state index < -0.39 is 0 Å². The second-order valence-electron chi connectivity index (χ2n) is 4.03. The van der Waals surface area contributed by atoms with Crippen LogP contribution in [0, 0.1) is 5.92 Å². The summed E-state index contributed by atoms with van der Waals surface area (Å²) in [5.74, 6) is 0.118. The smallest absolute Gasteiger partial charge is 0.167 e. The van der Waals surface area contributed by atoms with Crippen molar-refractivity contribution in [1.29, 1.82) is 0 Å². The third kappa shape index (κ3) is 4.29. The molecule has 0 fully saturated rings. The van der Waals surface area contributed by atoms with Crippen LogP contribution < -0.4 is 0 Å². The Labute approximate surface area is 103 Å². The molecule has 1 unspecified atom stereocenters. The van der Waals surface area contributed by atoms with Gasteiger partial charge in [-0.2, -0.15) is 5.06 Å². The maximum atomic E-state index is 12.1. The summed E-state index contributed by atoms with van der Waals surface area (Å²) in [4.78, 5) is 17.5. The Hall–Kier alpha value is -1.19. The van der Waals surface area contributed by atoms with Gasteiger partial charge in [0.2, 0.25) is 0 Å². The van der Waals surface area contributed by atoms with E-state index in [-0.39, 0.29) is 11.7 Å². The summed E-state index contributed by atoms with van der Waals surface area (Å²) in [5, 5.41) is 1.84. The molecule has 1 atom stereocenters. The lowest BCUT2D eigenvalue weighted by atomic mass is 9.99.